The molecule has 0 bridgehead atoms. The second-order valence-corrected chi connectivity index (χ2v) is 5.00. The van der Waals surface area contributed by atoms with Crippen LogP contribution in [0, 0.1) is 0 Å². The third-order valence-corrected chi connectivity index (χ3v) is 3.58. The second kappa shape index (κ2) is 4.99. The third-order valence-electron chi connectivity index (χ3n) is 3.41. The average Bonchev–Trinajstić information content (AvgIpc) is 2.38. The van der Waals surface area contributed by atoms with Crippen LogP contribution < -0.4 is 4.90 Å². The Balaban J connectivity index is 2.01. The lowest BCUT2D eigenvalue weighted by Gasteiger charge is -2.36. The fraction of sp³-hybridized carbons (Fsp3) is 0.667. The van der Waals surface area contributed by atoms with Crippen LogP contribution in [-0.2, 0) is 22.5 Å². The smallest absolute Gasteiger partial charge is 0.224 e. The van der Waals surface area contributed by atoms with E-state index in [4.69, 9.17) is 21.1 Å². The van der Waals surface area contributed by atoms with E-state index in [1.54, 1.807) is 0 Å². The number of ether oxygens (including phenoxy) is 2. The highest BCUT2D eigenvalue weighted by Crippen LogP contribution is 2.28. The molecular weight excluding hydrogens is 254 g/mol. The lowest BCUT2D eigenvalue weighted by Crippen LogP contribution is -2.45. The zero-order valence-corrected chi connectivity index (χ0v) is 11.1. The molecule has 1 atom stereocenters. The minimum atomic E-state index is 0.302. The summed E-state index contributed by atoms with van der Waals surface area (Å²) in [5.41, 5.74) is 2.11. The molecular formula is C12H16ClN3O2. The van der Waals surface area contributed by atoms with Crippen molar-refractivity contribution in [1.29, 1.82) is 0 Å². The van der Waals surface area contributed by atoms with Crippen molar-refractivity contribution in [2.75, 3.05) is 31.3 Å². The molecule has 0 aromatic carbocycles. The quantitative estimate of drug-likeness (QED) is 0.722. The van der Waals surface area contributed by atoms with E-state index in [-0.39, 0.29) is 0 Å². The van der Waals surface area contributed by atoms with Crippen LogP contribution in [0.5, 0.6) is 0 Å². The highest BCUT2D eigenvalue weighted by molar-refractivity contribution is 6.28. The van der Waals surface area contributed by atoms with Crippen molar-refractivity contribution in [3.8, 4) is 0 Å². The molecule has 2 aliphatic heterocycles. The maximum atomic E-state index is 6.03. The molecule has 0 aliphatic carbocycles. The van der Waals surface area contributed by atoms with Crippen molar-refractivity contribution in [2.24, 2.45) is 0 Å². The topological polar surface area (TPSA) is 47.5 Å². The number of fused-ring (bicyclic) bond motifs is 1. The van der Waals surface area contributed by atoms with Crippen molar-refractivity contribution in [3.63, 3.8) is 0 Å². The first kappa shape index (κ1) is 12.1. The summed E-state index contributed by atoms with van der Waals surface area (Å²) in [5, 5.41) is 0.323. The van der Waals surface area contributed by atoms with Gasteiger partial charge in [-0.05, 0) is 18.5 Å². The normalized spacial score (nSPS) is 23.9. The molecule has 1 aromatic rings. The van der Waals surface area contributed by atoms with Crippen LogP contribution in [0.1, 0.15) is 18.2 Å². The molecule has 0 unspecified atom stereocenters. The predicted octanol–water partition coefficient (Wildman–Crippen LogP) is 1.43. The van der Waals surface area contributed by atoms with Gasteiger partial charge in [0.05, 0.1) is 38.2 Å². The first-order valence-corrected chi connectivity index (χ1v) is 6.61. The molecule has 0 saturated carbocycles. The molecule has 0 radical (unpaired) electrons. The Morgan fingerprint density at radius 1 is 1.28 bits per heavy atom. The molecule has 3 heterocycles. The van der Waals surface area contributed by atoms with Gasteiger partial charge in [-0.2, -0.15) is 0 Å². The highest BCUT2D eigenvalue weighted by atomic mass is 35.5. The molecule has 0 amide bonds. The fourth-order valence-electron chi connectivity index (χ4n) is 2.46. The van der Waals surface area contributed by atoms with Gasteiger partial charge in [-0.1, -0.05) is 0 Å². The van der Waals surface area contributed by atoms with Crippen molar-refractivity contribution in [3.05, 3.63) is 16.5 Å². The molecule has 3 rings (SSSR count). The largest absolute Gasteiger partial charge is 0.377 e. The van der Waals surface area contributed by atoms with Crippen LogP contribution in [0.25, 0.3) is 0 Å². The van der Waals surface area contributed by atoms with E-state index in [0.717, 1.165) is 43.3 Å². The summed E-state index contributed by atoms with van der Waals surface area (Å²) in [7, 11) is 0. The van der Waals surface area contributed by atoms with E-state index in [2.05, 4.69) is 21.8 Å². The number of anilines is 1. The van der Waals surface area contributed by atoms with E-state index in [0.29, 0.717) is 24.5 Å². The number of hydrogen-bond acceptors (Lipinski definition) is 5. The van der Waals surface area contributed by atoms with Crippen LogP contribution in [0.3, 0.4) is 0 Å². The van der Waals surface area contributed by atoms with Gasteiger partial charge >= 0.3 is 0 Å². The molecule has 5 nitrogen and oxygen atoms in total. The zero-order chi connectivity index (χ0) is 12.5. The van der Waals surface area contributed by atoms with Gasteiger partial charge in [0.2, 0.25) is 5.28 Å². The molecule has 98 valence electrons. The number of rotatable bonds is 1. The fourth-order valence-corrected chi connectivity index (χ4v) is 2.65. The maximum absolute atomic E-state index is 6.03. The molecule has 0 spiro atoms. The van der Waals surface area contributed by atoms with E-state index >= 15 is 0 Å². The Labute approximate surface area is 111 Å². The number of halogens is 1. The summed E-state index contributed by atoms with van der Waals surface area (Å²) < 4.78 is 11.0. The third kappa shape index (κ3) is 2.18. The van der Waals surface area contributed by atoms with Crippen LogP contribution in [-0.4, -0.2) is 42.4 Å². The van der Waals surface area contributed by atoms with E-state index < -0.39 is 0 Å². The van der Waals surface area contributed by atoms with Gasteiger partial charge in [-0.15, -0.1) is 0 Å². The maximum Gasteiger partial charge on any atom is 0.224 e. The molecule has 1 fully saturated rings. The number of hydrogen-bond donors (Lipinski definition) is 0. The van der Waals surface area contributed by atoms with Gasteiger partial charge in [-0.25, -0.2) is 9.97 Å². The van der Waals surface area contributed by atoms with Crippen LogP contribution in [0.15, 0.2) is 0 Å². The zero-order valence-electron chi connectivity index (χ0n) is 10.4. The molecule has 2 aliphatic rings. The Bertz CT molecular complexity index is 455. The van der Waals surface area contributed by atoms with E-state index in [1.807, 2.05) is 0 Å². The molecule has 0 N–H and O–H groups in total. The summed E-state index contributed by atoms with van der Waals surface area (Å²) >= 11 is 6.03. The summed E-state index contributed by atoms with van der Waals surface area (Å²) in [6.45, 7) is 5.69. The Kier molecular flexibility index (Phi) is 3.37. The van der Waals surface area contributed by atoms with Gasteiger partial charge in [0.1, 0.15) is 5.82 Å². The van der Waals surface area contributed by atoms with Gasteiger partial charge in [-0.3, -0.25) is 0 Å². The minimum absolute atomic E-state index is 0.302. The number of nitrogens with zero attached hydrogens (tertiary/aromatic N) is 3. The van der Waals surface area contributed by atoms with Crippen LogP contribution >= 0.6 is 11.6 Å². The SMILES string of the molecule is C[C@H]1COCCN1c1nc(Cl)nc2c1COCC2. The Hall–Kier alpha value is -0.910. The van der Waals surface area contributed by atoms with Crippen LogP contribution in [0.2, 0.25) is 5.28 Å². The first-order chi connectivity index (χ1) is 8.75. The van der Waals surface area contributed by atoms with Crippen molar-refractivity contribution in [2.45, 2.75) is 26.0 Å². The lowest BCUT2D eigenvalue weighted by molar-refractivity contribution is 0.0952. The Morgan fingerprint density at radius 2 is 2.17 bits per heavy atom. The molecule has 6 heteroatoms. The monoisotopic (exact) mass is 269 g/mol. The highest BCUT2D eigenvalue weighted by Gasteiger charge is 2.26. The second-order valence-electron chi connectivity index (χ2n) is 4.66. The summed E-state index contributed by atoms with van der Waals surface area (Å²) in [6, 6.07) is 0.302. The summed E-state index contributed by atoms with van der Waals surface area (Å²) in [4.78, 5) is 11.0. The number of morpholine rings is 1. The standard InChI is InChI=1S/C12H16ClN3O2/c1-8-6-18-5-3-16(8)11-9-7-17-4-2-10(9)14-12(13)15-11/h8H,2-7H2,1H3/t8-/m0/s1. The first-order valence-electron chi connectivity index (χ1n) is 6.23. The van der Waals surface area contributed by atoms with Crippen molar-refractivity contribution >= 4 is 17.4 Å². The molecule has 18 heavy (non-hydrogen) atoms. The molecule has 1 saturated heterocycles. The van der Waals surface area contributed by atoms with Gasteiger partial charge < -0.3 is 14.4 Å². The Morgan fingerprint density at radius 3 is 3.00 bits per heavy atom. The number of aromatic nitrogens is 2. The van der Waals surface area contributed by atoms with Crippen LogP contribution in [0.4, 0.5) is 5.82 Å². The van der Waals surface area contributed by atoms with Crippen molar-refractivity contribution < 1.29 is 9.47 Å². The predicted molar refractivity (Wildman–Crippen MR) is 68.0 cm³/mol. The lowest BCUT2D eigenvalue weighted by atomic mass is 10.1. The van der Waals surface area contributed by atoms with Gasteiger partial charge in [0.15, 0.2) is 0 Å². The van der Waals surface area contributed by atoms with Gasteiger partial charge in [0.25, 0.3) is 0 Å². The van der Waals surface area contributed by atoms with Gasteiger partial charge in [0, 0.05) is 18.5 Å². The summed E-state index contributed by atoms with van der Waals surface area (Å²) in [5.74, 6) is 0.917. The summed E-state index contributed by atoms with van der Waals surface area (Å²) in [6.07, 6.45) is 0.809. The van der Waals surface area contributed by atoms with Crippen molar-refractivity contribution in [1.82, 2.24) is 9.97 Å². The molecule has 1 aromatic heterocycles. The average molecular weight is 270 g/mol. The minimum Gasteiger partial charge on any atom is -0.377 e. The van der Waals surface area contributed by atoms with E-state index in [9.17, 15) is 0 Å². The van der Waals surface area contributed by atoms with E-state index in [1.165, 1.54) is 0 Å².